The summed E-state index contributed by atoms with van der Waals surface area (Å²) in [5, 5.41) is 4.05. The van der Waals surface area contributed by atoms with Gasteiger partial charge < -0.3 is 14.6 Å². The van der Waals surface area contributed by atoms with Crippen molar-refractivity contribution in [2.24, 2.45) is 0 Å². The first kappa shape index (κ1) is 20.8. The van der Waals surface area contributed by atoms with Gasteiger partial charge in [-0.05, 0) is 88.3 Å². The minimum Gasteiger partial charge on any atom is -0.459 e. The first-order valence-electron chi connectivity index (χ1n) is 10.0. The molecule has 0 radical (unpaired) electrons. The Kier molecular flexibility index (Phi) is 5.71. The summed E-state index contributed by atoms with van der Waals surface area (Å²) < 4.78 is 20.5. The number of nitrogens with one attached hydrogen (secondary N) is 1. The third-order valence-electron chi connectivity index (χ3n) is 5.41. The second kappa shape index (κ2) is 8.80. The average Bonchev–Trinajstić information content (AvgIpc) is 3.40. The van der Waals surface area contributed by atoms with E-state index < -0.39 is 0 Å². The number of rotatable bonds is 5. The zero-order chi connectivity index (χ0) is 22.1. The molecule has 4 heterocycles. The van der Waals surface area contributed by atoms with Crippen molar-refractivity contribution in [2.75, 3.05) is 0 Å². The number of hydrogen-bond donors (Lipinski definition) is 1. The Morgan fingerprint density at radius 3 is 2.66 bits per heavy atom. The van der Waals surface area contributed by atoms with Crippen molar-refractivity contribution < 1.29 is 8.81 Å². The number of halogens is 2. The van der Waals surface area contributed by atoms with Gasteiger partial charge in [-0.15, -0.1) is 0 Å². The van der Waals surface area contributed by atoms with E-state index in [4.69, 9.17) is 16.6 Å². The molecule has 4 aromatic rings. The lowest BCUT2D eigenvalue weighted by Gasteiger charge is -2.26. The number of nitrogens with zero attached hydrogens (tertiary/aromatic N) is 3. The van der Waals surface area contributed by atoms with Crippen LogP contribution >= 0.6 is 28.1 Å². The lowest BCUT2D eigenvalue weighted by molar-refractivity contribution is 0.269. The first-order chi connectivity index (χ1) is 15.6. The van der Waals surface area contributed by atoms with Crippen molar-refractivity contribution in [3.63, 3.8) is 0 Å². The second-order valence-electron chi connectivity index (χ2n) is 7.44. The van der Waals surface area contributed by atoms with Gasteiger partial charge in [-0.3, -0.25) is 9.97 Å². The molecular weight excluding hydrogens is 491 g/mol. The molecular formula is C24H18BrFN4OS. The number of hydrogen-bond acceptors (Lipinski definition) is 4. The lowest BCUT2D eigenvalue weighted by atomic mass is 10.0. The van der Waals surface area contributed by atoms with Crippen LogP contribution in [0.2, 0.25) is 0 Å². The molecule has 0 saturated carbocycles. The molecule has 1 saturated heterocycles. The Bertz CT molecular complexity index is 1250. The molecule has 2 atom stereocenters. The normalized spacial score (nSPS) is 18.1. The summed E-state index contributed by atoms with van der Waals surface area (Å²) in [7, 11) is 0. The Morgan fingerprint density at radius 2 is 1.91 bits per heavy atom. The highest BCUT2D eigenvalue weighted by Gasteiger charge is 2.41. The maximum atomic E-state index is 13.6. The van der Waals surface area contributed by atoms with Crippen LogP contribution in [0.25, 0.3) is 11.3 Å². The third kappa shape index (κ3) is 4.03. The topological polar surface area (TPSA) is 54.2 Å². The number of benzene rings is 1. The highest BCUT2D eigenvalue weighted by molar-refractivity contribution is 9.10. The molecule has 0 unspecified atom stereocenters. The largest absolute Gasteiger partial charge is 0.459 e. The summed E-state index contributed by atoms with van der Waals surface area (Å²) in [5.74, 6) is 1.08. The van der Waals surface area contributed by atoms with Crippen LogP contribution in [0.3, 0.4) is 0 Å². The SMILES string of the molecule is Fc1ccc(-c2ccc([C@@H]3[C@H](c4ccccn4)NC(=S)N3Cc3ccncc3)o2)c(Br)c1. The van der Waals surface area contributed by atoms with E-state index in [2.05, 4.69) is 36.1 Å². The zero-order valence-electron chi connectivity index (χ0n) is 16.8. The van der Waals surface area contributed by atoms with Crippen LogP contribution in [0.4, 0.5) is 4.39 Å². The highest BCUT2D eigenvalue weighted by Crippen LogP contribution is 2.42. The smallest absolute Gasteiger partial charge is 0.170 e. The van der Waals surface area contributed by atoms with E-state index >= 15 is 0 Å². The van der Waals surface area contributed by atoms with E-state index in [0.717, 1.165) is 22.6 Å². The molecule has 0 aliphatic carbocycles. The zero-order valence-corrected chi connectivity index (χ0v) is 19.2. The fraction of sp³-hybridized carbons (Fsp3) is 0.125. The Labute approximate surface area is 198 Å². The van der Waals surface area contributed by atoms with Gasteiger partial charge in [0.25, 0.3) is 0 Å². The van der Waals surface area contributed by atoms with Crippen LogP contribution in [-0.4, -0.2) is 20.0 Å². The van der Waals surface area contributed by atoms with Crippen LogP contribution in [0.15, 0.2) is 88.1 Å². The molecule has 160 valence electrons. The van der Waals surface area contributed by atoms with Crippen molar-refractivity contribution in [3.05, 3.63) is 107 Å². The van der Waals surface area contributed by atoms with E-state index in [1.165, 1.54) is 12.1 Å². The van der Waals surface area contributed by atoms with Gasteiger partial charge >= 0.3 is 0 Å². The second-order valence-corrected chi connectivity index (χ2v) is 8.68. The predicted molar refractivity (Wildman–Crippen MR) is 127 cm³/mol. The molecule has 1 N–H and O–H groups in total. The van der Waals surface area contributed by atoms with Gasteiger partial charge in [-0.1, -0.05) is 6.07 Å². The van der Waals surface area contributed by atoms with Gasteiger partial charge in [-0.2, -0.15) is 0 Å². The minimum absolute atomic E-state index is 0.179. The van der Waals surface area contributed by atoms with Crippen molar-refractivity contribution in [2.45, 2.75) is 18.6 Å². The van der Waals surface area contributed by atoms with Gasteiger partial charge in [0.15, 0.2) is 5.11 Å². The van der Waals surface area contributed by atoms with Crippen LogP contribution in [-0.2, 0) is 6.54 Å². The summed E-state index contributed by atoms with van der Waals surface area (Å²) in [6.45, 7) is 0.596. The van der Waals surface area contributed by atoms with E-state index in [1.807, 2.05) is 42.5 Å². The molecule has 5 nitrogen and oxygen atoms in total. The summed E-state index contributed by atoms with van der Waals surface area (Å²) >= 11 is 9.14. The maximum Gasteiger partial charge on any atom is 0.170 e. The molecule has 5 rings (SSSR count). The van der Waals surface area contributed by atoms with E-state index in [9.17, 15) is 4.39 Å². The van der Waals surface area contributed by atoms with E-state index in [0.29, 0.717) is 21.9 Å². The summed E-state index contributed by atoms with van der Waals surface area (Å²) in [4.78, 5) is 10.8. The standard InChI is InChI=1S/C24H18BrFN4OS/c25-18-13-16(26)4-5-17(18)20-6-7-21(31-20)23-22(19-3-1-2-10-28-19)29-24(32)30(23)14-15-8-11-27-12-9-15/h1-13,22-23H,14H2,(H,29,32)/t22-,23+/m0/s1. The predicted octanol–water partition coefficient (Wildman–Crippen LogP) is 5.81. The fourth-order valence-electron chi connectivity index (χ4n) is 3.92. The number of pyridine rings is 2. The molecule has 8 heteroatoms. The summed E-state index contributed by atoms with van der Waals surface area (Å²) in [6.07, 6.45) is 5.31. The number of thiocarbonyl (C=S) groups is 1. The fourth-order valence-corrected chi connectivity index (χ4v) is 4.77. The highest BCUT2D eigenvalue weighted by atomic mass is 79.9. The average molecular weight is 509 g/mol. The quantitative estimate of drug-likeness (QED) is 0.343. The molecule has 0 amide bonds. The van der Waals surface area contributed by atoms with Gasteiger partial charge in [0.2, 0.25) is 0 Å². The summed E-state index contributed by atoms with van der Waals surface area (Å²) in [6, 6.07) is 17.8. The summed E-state index contributed by atoms with van der Waals surface area (Å²) in [5.41, 5.74) is 2.74. The molecule has 1 fully saturated rings. The van der Waals surface area contributed by atoms with Gasteiger partial charge in [0.1, 0.15) is 23.4 Å². The lowest BCUT2D eigenvalue weighted by Crippen LogP contribution is -2.29. The molecule has 0 spiro atoms. The van der Waals surface area contributed by atoms with E-state index in [1.54, 1.807) is 24.7 Å². The van der Waals surface area contributed by atoms with Gasteiger partial charge in [0, 0.05) is 35.2 Å². The molecule has 3 aromatic heterocycles. The van der Waals surface area contributed by atoms with Crippen LogP contribution in [0, 0.1) is 5.82 Å². The van der Waals surface area contributed by atoms with Crippen molar-refractivity contribution >= 4 is 33.3 Å². The van der Waals surface area contributed by atoms with Crippen LogP contribution in [0.5, 0.6) is 0 Å². The van der Waals surface area contributed by atoms with Gasteiger partial charge in [0.05, 0.1) is 11.7 Å². The molecule has 1 aliphatic heterocycles. The van der Waals surface area contributed by atoms with Crippen LogP contribution < -0.4 is 5.32 Å². The number of aromatic nitrogens is 2. The number of furan rings is 1. The van der Waals surface area contributed by atoms with Crippen molar-refractivity contribution in [1.29, 1.82) is 0 Å². The van der Waals surface area contributed by atoms with Crippen LogP contribution in [0.1, 0.15) is 29.1 Å². The Balaban J connectivity index is 1.55. The Morgan fingerprint density at radius 1 is 1.06 bits per heavy atom. The Hall–Kier alpha value is -3.10. The molecule has 32 heavy (non-hydrogen) atoms. The van der Waals surface area contributed by atoms with Crippen molar-refractivity contribution in [1.82, 2.24) is 20.2 Å². The third-order valence-corrected chi connectivity index (χ3v) is 6.42. The molecule has 1 aliphatic rings. The monoisotopic (exact) mass is 508 g/mol. The molecule has 1 aromatic carbocycles. The van der Waals surface area contributed by atoms with Gasteiger partial charge in [-0.25, -0.2) is 4.39 Å². The van der Waals surface area contributed by atoms with Crippen molar-refractivity contribution in [3.8, 4) is 11.3 Å². The van der Waals surface area contributed by atoms with E-state index in [-0.39, 0.29) is 17.9 Å². The first-order valence-corrected chi connectivity index (χ1v) is 11.2. The molecule has 0 bridgehead atoms. The minimum atomic E-state index is -0.309. The maximum absolute atomic E-state index is 13.6.